The molecule has 0 bridgehead atoms. The predicted molar refractivity (Wildman–Crippen MR) is 81.5 cm³/mol. The fraction of sp³-hybridized carbons (Fsp3) is 0.500. The Morgan fingerprint density at radius 2 is 2.17 bits per heavy atom. The SMILES string of the molecule is O=C(c1cnccn1)N1Cc2ccnn2C[C@H](OCC2CC2)C1. The lowest BCUT2D eigenvalue weighted by Crippen LogP contribution is -2.38. The van der Waals surface area contributed by atoms with Crippen molar-refractivity contribution in [2.24, 2.45) is 5.92 Å². The molecule has 7 heteroatoms. The topological polar surface area (TPSA) is 73.1 Å². The molecule has 4 rings (SSSR count). The Morgan fingerprint density at radius 3 is 2.96 bits per heavy atom. The molecule has 0 radical (unpaired) electrons. The van der Waals surface area contributed by atoms with Gasteiger partial charge in [0.1, 0.15) is 5.69 Å². The average molecular weight is 313 g/mol. The largest absolute Gasteiger partial charge is 0.374 e. The van der Waals surface area contributed by atoms with Crippen LogP contribution in [0.15, 0.2) is 30.9 Å². The van der Waals surface area contributed by atoms with Gasteiger partial charge in [0.15, 0.2) is 0 Å². The highest BCUT2D eigenvalue weighted by molar-refractivity contribution is 5.91. The lowest BCUT2D eigenvalue weighted by atomic mass is 10.3. The van der Waals surface area contributed by atoms with Gasteiger partial charge in [-0.1, -0.05) is 0 Å². The zero-order valence-corrected chi connectivity index (χ0v) is 12.8. The molecule has 2 aromatic rings. The van der Waals surface area contributed by atoms with Gasteiger partial charge in [0.2, 0.25) is 0 Å². The summed E-state index contributed by atoms with van der Waals surface area (Å²) in [5.41, 5.74) is 1.38. The third kappa shape index (κ3) is 3.24. The quantitative estimate of drug-likeness (QED) is 0.846. The Hall–Kier alpha value is -2.28. The van der Waals surface area contributed by atoms with E-state index in [1.165, 1.54) is 25.2 Å². The van der Waals surface area contributed by atoms with Crippen LogP contribution in [0, 0.1) is 5.92 Å². The van der Waals surface area contributed by atoms with Gasteiger partial charge in [-0.15, -0.1) is 0 Å². The van der Waals surface area contributed by atoms with E-state index in [1.54, 1.807) is 17.3 Å². The van der Waals surface area contributed by atoms with Gasteiger partial charge >= 0.3 is 0 Å². The Balaban J connectivity index is 1.54. The van der Waals surface area contributed by atoms with Crippen LogP contribution in [0.5, 0.6) is 0 Å². The summed E-state index contributed by atoms with van der Waals surface area (Å²) in [6.45, 7) is 2.51. The van der Waals surface area contributed by atoms with E-state index in [0.29, 0.717) is 31.2 Å². The van der Waals surface area contributed by atoms with Gasteiger partial charge in [0.25, 0.3) is 5.91 Å². The maximum absolute atomic E-state index is 12.7. The third-order valence-corrected chi connectivity index (χ3v) is 4.29. The fourth-order valence-electron chi connectivity index (χ4n) is 2.80. The summed E-state index contributed by atoms with van der Waals surface area (Å²) in [4.78, 5) is 22.6. The second-order valence-electron chi connectivity index (χ2n) is 6.18. The van der Waals surface area contributed by atoms with Crippen molar-refractivity contribution in [1.29, 1.82) is 0 Å². The zero-order valence-electron chi connectivity index (χ0n) is 12.8. The average Bonchev–Trinajstić information content (AvgIpc) is 3.35. The van der Waals surface area contributed by atoms with Crippen molar-refractivity contribution in [2.45, 2.75) is 32.0 Å². The normalized spacial score (nSPS) is 20.9. The van der Waals surface area contributed by atoms with Crippen LogP contribution in [0.2, 0.25) is 0 Å². The van der Waals surface area contributed by atoms with E-state index in [1.807, 2.05) is 10.7 Å². The first-order chi connectivity index (χ1) is 11.3. The molecular formula is C16H19N5O2. The second kappa shape index (κ2) is 6.08. The molecule has 0 aromatic carbocycles. The molecule has 1 amide bonds. The molecule has 7 nitrogen and oxygen atoms in total. The van der Waals surface area contributed by atoms with E-state index in [9.17, 15) is 4.79 Å². The van der Waals surface area contributed by atoms with Gasteiger partial charge in [0.05, 0.1) is 31.1 Å². The van der Waals surface area contributed by atoms with Crippen molar-refractivity contribution < 1.29 is 9.53 Å². The molecule has 23 heavy (non-hydrogen) atoms. The van der Waals surface area contributed by atoms with Crippen molar-refractivity contribution in [3.8, 4) is 0 Å². The summed E-state index contributed by atoms with van der Waals surface area (Å²) >= 11 is 0. The molecule has 2 aliphatic rings. The van der Waals surface area contributed by atoms with Crippen LogP contribution >= 0.6 is 0 Å². The van der Waals surface area contributed by atoms with E-state index >= 15 is 0 Å². The Kier molecular flexibility index (Phi) is 3.78. The predicted octanol–water partition coefficient (Wildman–Crippen LogP) is 1.12. The van der Waals surface area contributed by atoms with Crippen molar-refractivity contribution >= 4 is 5.91 Å². The van der Waals surface area contributed by atoms with E-state index in [-0.39, 0.29) is 12.0 Å². The van der Waals surface area contributed by atoms with Crippen LogP contribution in [0.1, 0.15) is 29.0 Å². The van der Waals surface area contributed by atoms with E-state index in [2.05, 4.69) is 15.1 Å². The number of carbonyl (C=O) groups excluding carboxylic acids is 1. The number of fused-ring (bicyclic) bond motifs is 1. The van der Waals surface area contributed by atoms with Gasteiger partial charge in [-0.2, -0.15) is 5.10 Å². The number of carbonyl (C=O) groups is 1. The lowest BCUT2D eigenvalue weighted by Gasteiger charge is -2.24. The van der Waals surface area contributed by atoms with Gasteiger partial charge in [-0.3, -0.25) is 14.5 Å². The number of hydrogen-bond donors (Lipinski definition) is 0. The molecule has 120 valence electrons. The smallest absolute Gasteiger partial charge is 0.274 e. The van der Waals surface area contributed by atoms with Crippen LogP contribution in [0.3, 0.4) is 0 Å². The van der Waals surface area contributed by atoms with Crippen molar-refractivity contribution in [2.75, 3.05) is 13.2 Å². The second-order valence-corrected chi connectivity index (χ2v) is 6.18. The third-order valence-electron chi connectivity index (χ3n) is 4.29. The lowest BCUT2D eigenvalue weighted by molar-refractivity contribution is 0.0135. The molecule has 1 saturated carbocycles. The molecule has 1 aliphatic heterocycles. The molecule has 1 fully saturated rings. The molecule has 2 aromatic heterocycles. The molecular weight excluding hydrogens is 294 g/mol. The van der Waals surface area contributed by atoms with Crippen LogP contribution in [0.4, 0.5) is 0 Å². The van der Waals surface area contributed by atoms with E-state index in [4.69, 9.17) is 4.74 Å². The summed E-state index contributed by atoms with van der Waals surface area (Å²) in [6.07, 6.45) is 8.84. The monoisotopic (exact) mass is 313 g/mol. The zero-order chi connectivity index (χ0) is 15.6. The molecule has 3 heterocycles. The van der Waals surface area contributed by atoms with E-state index < -0.39 is 0 Å². The Bertz CT molecular complexity index is 683. The van der Waals surface area contributed by atoms with Crippen molar-refractivity contribution in [3.05, 3.63) is 42.2 Å². The number of rotatable bonds is 4. The van der Waals surface area contributed by atoms with Crippen LogP contribution < -0.4 is 0 Å². The molecule has 0 N–H and O–H groups in total. The highest BCUT2D eigenvalue weighted by Gasteiger charge is 2.29. The molecule has 0 unspecified atom stereocenters. The minimum absolute atomic E-state index is 0.0441. The van der Waals surface area contributed by atoms with Crippen molar-refractivity contribution in [3.63, 3.8) is 0 Å². The Labute approximate surface area is 134 Å². The van der Waals surface area contributed by atoms with Gasteiger partial charge in [0, 0.05) is 31.7 Å². The molecule has 1 aliphatic carbocycles. The summed E-state index contributed by atoms with van der Waals surface area (Å²) in [5.74, 6) is 0.576. The first-order valence-electron chi connectivity index (χ1n) is 7.97. The number of amides is 1. The highest BCUT2D eigenvalue weighted by atomic mass is 16.5. The summed E-state index contributed by atoms with van der Waals surface area (Å²) in [5, 5.41) is 4.35. The highest BCUT2D eigenvalue weighted by Crippen LogP contribution is 2.29. The molecule has 0 saturated heterocycles. The molecule has 1 atom stereocenters. The number of nitrogens with zero attached hydrogens (tertiary/aromatic N) is 5. The first-order valence-corrected chi connectivity index (χ1v) is 7.97. The van der Waals surface area contributed by atoms with Crippen LogP contribution in [-0.2, 0) is 17.8 Å². The number of ether oxygens (including phenoxy) is 1. The maximum Gasteiger partial charge on any atom is 0.274 e. The minimum atomic E-state index is -0.118. The van der Waals surface area contributed by atoms with Crippen molar-refractivity contribution in [1.82, 2.24) is 24.6 Å². The van der Waals surface area contributed by atoms with Crippen LogP contribution in [-0.4, -0.2) is 49.8 Å². The van der Waals surface area contributed by atoms with Crippen LogP contribution in [0.25, 0.3) is 0 Å². The summed E-state index contributed by atoms with van der Waals surface area (Å²) in [6, 6.07) is 1.94. The van der Waals surface area contributed by atoms with Gasteiger partial charge in [-0.05, 0) is 24.8 Å². The minimum Gasteiger partial charge on any atom is -0.374 e. The number of aromatic nitrogens is 4. The van der Waals surface area contributed by atoms with Gasteiger partial charge < -0.3 is 9.64 Å². The van der Waals surface area contributed by atoms with E-state index in [0.717, 1.165) is 12.3 Å². The molecule has 0 spiro atoms. The maximum atomic E-state index is 12.7. The number of hydrogen-bond acceptors (Lipinski definition) is 5. The standard InChI is InChI=1S/C16H19N5O2/c22-16(15-7-17-5-6-18-15)20-8-13-3-4-19-21(13)10-14(9-20)23-11-12-1-2-12/h3-7,12,14H,1-2,8-11H2/t14-/m1/s1. The first kappa shape index (κ1) is 14.3. The Morgan fingerprint density at radius 1 is 1.26 bits per heavy atom. The summed E-state index contributed by atoms with van der Waals surface area (Å²) in [7, 11) is 0. The van der Waals surface area contributed by atoms with Gasteiger partial charge in [-0.25, -0.2) is 4.98 Å². The fourth-order valence-corrected chi connectivity index (χ4v) is 2.80. The summed E-state index contributed by atoms with van der Waals surface area (Å²) < 4.78 is 7.97.